The Morgan fingerprint density at radius 3 is 2.26 bits per heavy atom. The van der Waals surface area contributed by atoms with Gasteiger partial charge in [0.25, 0.3) is 0 Å². The summed E-state index contributed by atoms with van der Waals surface area (Å²) in [5.74, 6) is 1.89. The summed E-state index contributed by atoms with van der Waals surface area (Å²) >= 11 is 0. The molecule has 5 rings (SSSR count). The predicted octanol–water partition coefficient (Wildman–Crippen LogP) is 5.73. The highest BCUT2D eigenvalue weighted by Crippen LogP contribution is 2.34. The minimum atomic E-state index is -3.31. The van der Waals surface area contributed by atoms with Gasteiger partial charge >= 0.3 is 0 Å². The first-order valence-electron chi connectivity index (χ1n) is 11.8. The second-order valence-electron chi connectivity index (χ2n) is 9.09. The number of aromatic nitrogens is 3. The number of sulfone groups is 1. The molecular formula is C27H29N3O3S. The van der Waals surface area contributed by atoms with Gasteiger partial charge in [-0.3, -0.25) is 4.40 Å². The van der Waals surface area contributed by atoms with Crippen molar-refractivity contribution in [2.45, 2.75) is 43.9 Å². The first-order chi connectivity index (χ1) is 16.4. The molecule has 0 radical (unpaired) electrons. The lowest BCUT2D eigenvalue weighted by Gasteiger charge is -2.21. The fraction of sp³-hybridized carbons (Fsp3) is 0.333. The van der Waals surface area contributed by atoms with E-state index in [0.29, 0.717) is 10.7 Å². The summed E-state index contributed by atoms with van der Waals surface area (Å²) in [5.41, 5.74) is 4.38. The molecule has 0 unspecified atom stereocenters. The molecule has 7 heteroatoms. The van der Waals surface area contributed by atoms with Crippen LogP contribution >= 0.6 is 0 Å². The zero-order valence-corrected chi connectivity index (χ0v) is 20.4. The van der Waals surface area contributed by atoms with Crippen molar-refractivity contribution < 1.29 is 13.2 Å². The van der Waals surface area contributed by atoms with Crippen LogP contribution in [0, 0.1) is 12.8 Å². The number of ether oxygens (including phenoxy) is 1. The lowest BCUT2D eigenvalue weighted by molar-refractivity contribution is 0.385. The minimum absolute atomic E-state index is 0.238. The average molecular weight is 476 g/mol. The van der Waals surface area contributed by atoms with Crippen LogP contribution in [-0.2, 0) is 9.84 Å². The lowest BCUT2D eigenvalue weighted by Crippen LogP contribution is -2.18. The van der Waals surface area contributed by atoms with Crippen molar-refractivity contribution in [1.82, 2.24) is 14.4 Å². The number of fused-ring (bicyclic) bond motifs is 1. The Labute approximate surface area is 200 Å². The van der Waals surface area contributed by atoms with Crippen LogP contribution in [-0.4, -0.2) is 35.6 Å². The summed E-state index contributed by atoms with van der Waals surface area (Å²) in [5, 5.41) is 0. The molecule has 1 aliphatic rings. The Hall–Kier alpha value is -3.19. The van der Waals surface area contributed by atoms with E-state index in [1.807, 2.05) is 60.0 Å². The van der Waals surface area contributed by atoms with E-state index in [1.165, 1.54) is 6.42 Å². The molecule has 34 heavy (non-hydrogen) atoms. The van der Waals surface area contributed by atoms with E-state index in [1.54, 1.807) is 19.2 Å². The van der Waals surface area contributed by atoms with Gasteiger partial charge in [0.2, 0.25) is 5.78 Å². The van der Waals surface area contributed by atoms with Crippen LogP contribution in [0.1, 0.15) is 37.8 Å². The van der Waals surface area contributed by atoms with E-state index in [9.17, 15) is 8.42 Å². The molecule has 0 bridgehead atoms. The topological polar surface area (TPSA) is 73.6 Å². The van der Waals surface area contributed by atoms with E-state index in [-0.39, 0.29) is 11.7 Å². The molecule has 0 spiro atoms. The van der Waals surface area contributed by atoms with Crippen molar-refractivity contribution in [2.75, 3.05) is 12.9 Å². The van der Waals surface area contributed by atoms with Crippen LogP contribution < -0.4 is 4.74 Å². The molecule has 4 aromatic rings. The minimum Gasteiger partial charge on any atom is -0.497 e. The molecule has 6 nitrogen and oxygen atoms in total. The smallest absolute Gasteiger partial charge is 0.235 e. The fourth-order valence-corrected chi connectivity index (χ4v) is 6.52. The zero-order chi connectivity index (χ0) is 23.7. The summed E-state index contributed by atoms with van der Waals surface area (Å²) in [4.78, 5) is 9.80. The van der Waals surface area contributed by atoms with Crippen LogP contribution in [0.3, 0.4) is 0 Å². The van der Waals surface area contributed by atoms with E-state index < -0.39 is 9.84 Å². The third-order valence-corrected chi connectivity index (χ3v) is 8.56. The first kappa shape index (κ1) is 22.6. The number of aryl methyl sites for hydroxylation is 1. The standard InChI is InChI=1S/C27H29N3O3S/c1-19-16-17-30-26(25(29-27(30)28-19)21-8-12-23(33-2)13-9-21)22-10-14-24(15-11-22)34(31,32)18-20-6-4-3-5-7-20/h8-17,20H,3-7,18H2,1-2H3. The van der Waals surface area contributed by atoms with Crippen molar-refractivity contribution in [3.63, 3.8) is 0 Å². The van der Waals surface area contributed by atoms with Gasteiger partial charge in [0.15, 0.2) is 9.84 Å². The van der Waals surface area contributed by atoms with Gasteiger partial charge in [-0.25, -0.2) is 18.4 Å². The highest BCUT2D eigenvalue weighted by molar-refractivity contribution is 7.91. The Kier molecular flexibility index (Phi) is 6.13. The highest BCUT2D eigenvalue weighted by Gasteiger charge is 2.24. The number of benzene rings is 2. The van der Waals surface area contributed by atoms with Crippen LogP contribution in [0.25, 0.3) is 28.3 Å². The Bertz CT molecular complexity index is 1400. The largest absolute Gasteiger partial charge is 0.497 e. The monoisotopic (exact) mass is 475 g/mol. The molecule has 0 amide bonds. The Balaban J connectivity index is 1.54. The van der Waals surface area contributed by atoms with Gasteiger partial charge in [-0.05, 0) is 68.1 Å². The molecule has 0 atom stereocenters. The lowest BCUT2D eigenvalue weighted by atomic mass is 9.91. The number of nitrogens with zero attached hydrogens (tertiary/aromatic N) is 3. The van der Waals surface area contributed by atoms with Crippen LogP contribution in [0.5, 0.6) is 5.75 Å². The molecule has 1 saturated carbocycles. The molecule has 0 aliphatic heterocycles. The van der Waals surface area contributed by atoms with E-state index >= 15 is 0 Å². The van der Waals surface area contributed by atoms with Gasteiger partial charge in [-0.1, -0.05) is 31.4 Å². The number of hydrogen-bond donors (Lipinski definition) is 0. The normalized spacial score (nSPS) is 15.0. The molecule has 2 aromatic carbocycles. The van der Waals surface area contributed by atoms with Gasteiger partial charge in [-0.2, -0.15) is 0 Å². The van der Waals surface area contributed by atoms with E-state index in [4.69, 9.17) is 9.72 Å². The summed E-state index contributed by atoms with van der Waals surface area (Å²) in [6.07, 6.45) is 7.47. The molecule has 0 N–H and O–H groups in total. The summed E-state index contributed by atoms with van der Waals surface area (Å²) in [6.45, 7) is 1.94. The fourth-order valence-electron chi connectivity index (χ4n) is 4.82. The molecular weight excluding hydrogens is 446 g/mol. The second kappa shape index (κ2) is 9.22. The summed E-state index contributed by atoms with van der Waals surface area (Å²) in [7, 11) is -1.67. The van der Waals surface area contributed by atoms with Crippen molar-refractivity contribution >= 4 is 15.6 Å². The number of rotatable bonds is 6. The van der Waals surface area contributed by atoms with E-state index in [2.05, 4.69) is 4.98 Å². The zero-order valence-electron chi connectivity index (χ0n) is 19.6. The highest BCUT2D eigenvalue weighted by atomic mass is 32.2. The van der Waals surface area contributed by atoms with Crippen LogP contribution in [0.4, 0.5) is 0 Å². The molecule has 176 valence electrons. The number of hydrogen-bond acceptors (Lipinski definition) is 5. The van der Waals surface area contributed by atoms with Crippen molar-refractivity contribution in [3.05, 3.63) is 66.5 Å². The molecule has 0 saturated heterocycles. The predicted molar refractivity (Wildman–Crippen MR) is 134 cm³/mol. The maximum atomic E-state index is 13.1. The van der Waals surface area contributed by atoms with Gasteiger partial charge in [0.1, 0.15) is 5.75 Å². The van der Waals surface area contributed by atoms with Gasteiger partial charge < -0.3 is 4.74 Å². The number of imidazole rings is 1. The Morgan fingerprint density at radius 1 is 0.912 bits per heavy atom. The van der Waals surface area contributed by atoms with Crippen LogP contribution in [0.2, 0.25) is 0 Å². The Morgan fingerprint density at radius 2 is 1.59 bits per heavy atom. The van der Waals surface area contributed by atoms with Gasteiger partial charge in [0, 0.05) is 23.0 Å². The van der Waals surface area contributed by atoms with Gasteiger partial charge in [0.05, 0.1) is 29.1 Å². The molecule has 2 heterocycles. The average Bonchev–Trinajstić information content (AvgIpc) is 3.23. The van der Waals surface area contributed by atoms with E-state index in [0.717, 1.165) is 59.6 Å². The second-order valence-corrected chi connectivity index (χ2v) is 11.1. The SMILES string of the molecule is COc1ccc(-c2nc3nc(C)ccn3c2-c2ccc(S(=O)(=O)CC3CCCCC3)cc2)cc1. The van der Waals surface area contributed by atoms with Crippen LogP contribution in [0.15, 0.2) is 65.7 Å². The third-order valence-electron chi connectivity index (χ3n) is 6.66. The summed E-state index contributed by atoms with van der Waals surface area (Å²) in [6, 6.07) is 16.9. The summed E-state index contributed by atoms with van der Waals surface area (Å²) < 4.78 is 33.4. The van der Waals surface area contributed by atoms with Crippen molar-refractivity contribution in [2.24, 2.45) is 5.92 Å². The third kappa shape index (κ3) is 4.44. The quantitative estimate of drug-likeness (QED) is 0.356. The van der Waals surface area contributed by atoms with Crippen molar-refractivity contribution in [1.29, 1.82) is 0 Å². The first-order valence-corrected chi connectivity index (χ1v) is 13.4. The maximum Gasteiger partial charge on any atom is 0.235 e. The molecule has 1 fully saturated rings. The molecule has 1 aliphatic carbocycles. The number of methoxy groups -OCH3 is 1. The van der Waals surface area contributed by atoms with Gasteiger partial charge in [-0.15, -0.1) is 0 Å². The molecule has 2 aromatic heterocycles. The maximum absolute atomic E-state index is 13.1. The van der Waals surface area contributed by atoms with Crippen molar-refractivity contribution in [3.8, 4) is 28.3 Å².